The number of benzene rings is 1. The van der Waals surface area contributed by atoms with E-state index in [9.17, 15) is 4.79 Å². The molecular weight excluding hydrogens is 300 g/mol. The molecule has 1 fully saturated rings. The molecule has 1 saturated carbocycles. The van der Waals surface area contributed by atoms with Crippen LogP contribution in [0.15, 0.2) is 29.1 Å². The van der Waals surface area contributed by atoms with Crippen LogP contribution in [0.2, 0.25) is 0 Å². The molecule has 0 saturated heterocycles. The quantitative estimate of drug-likeness (QED) is 0.912. The summed E-state index contributed by atoms with van der Waals surface area (Å²) in [5.74, 6) is 1.13. The van der Waals surface area contributed by atoms with E-state index < -0.39 is 0 Å². The first kappa shape index (κ1) is 14.8. The van der Waals surface area contributed by atoms with Crippen molar-refractivity contribution in [1.29, 1.82) is 0 Å². The van der Waals surface area contributed by atoms with Gasteiger partial charge in [-0.05, 0) is 37.8 Å². The van der Waals surface area contributed by atoms with Crippen LogP contribution in [-0.2, 0) is 0 Å². The van der Waals surface area contributed by atoms with Crippen LogP contribution in [-0.4, -0.2) is 24.1 Å². The van der Waals surface area contributed by atoms with Gasteiger partial charge in [-0.25, -0.2) is 4.98 Å². The van der Waals surface area contributed by atoms with E-state index in [1.165, 1.54) is 24.2 Å². The number of hydrogen-bond acceptors (Lipinski definition) is 5. The molecule has 1 aliphatic carbocycles. The third kappa shape index (κ3) is 3.39. The van der Waals surface area contributed by atoms with E-state index in [-0.39, 0.29) is 12.0 Å². The van der Waals surface area contributed by atoms with Crippen molar-refractivity contribution >= 4 is 22.9 Å². The van der Waals surface area contributed by atoms with Gasteiger partial charge in [0.05, 0.1) is 18.7 Å². The summed E-state index contributed by atoms with van der Waals surface area (Å²) in [5.41, 5.74) is 2.73. The van der Waals surface area contributed by atoms with Crippen molar-refractivity contribution in [2.45, 2.75) is 31.8 Å². The Balaban J connectivity index is 1.75. The zero-order chi connectivity index (χ0) is 15.4. The van der Waals surface area contributed by atoms with Crippen LogP contribution in [0.1, 0.15) is 36.2 Å². The third-order valence-electron chi connectivity index (χ3n) is 3.68. The van der Waals surface area contributed by atoms with Gasteiger partial charge in [0.15, 0.2) is 11.5 Å². The van der Waals surface area contributed by atoms with E-state index in [4.69, 9.17) is 9.47 Å². The topological polar surface area (TPSA) is 60.5 Å². The van der Waals surface area contributed by atoms with Crippen molar-refractivity contribution in [3.63, 3.8) is 0 Å². The third-order valence-corrected chi connectivity index (χ3v) is 4.27. The first-order valence-electron chi connectivity index (χ1n) is 7.30. The molecule has 0 unspecified atom stereocenters. The van der Waals surface area contributed by atoms with Crippen molar-refractivity contribution < 1.29 is 14.3 Å². The van der Waals surface area contributed by atoms with E-state index >= 15 is 0 Å². The largest absolute Gasteiger partial charge is 0.493 e. The van der Waals surface area contributed by atoms with E-state index in [1.54, 1.807) is 36.2 Å². The highest BCUT2D eigenvalue weighted by Crippen LogP contribution is 2.34. The molecule has 1 aromatic heterocycles. The number of methoxy groups -OCH3 is 1. The Bertz CT molecular complexity index is 637. The Morgan fingerprint density at radius 3 is 2.82 bits per heavy atom. The zero-order valence-corrected chi connectivity index (χ0v) is 13.2. The maximum absolute atomic E-state index is 12.0. The minimum Gasteiger partial charge on any atom is -0.493 e. The number of hydrogen-bond donors (Lipinski definition) is 1. The van der Waals surface area contributed by atoms with Crippen molar-refractivity contribution in [2.24, 2.45) is 0 Å². The number of amides is 1. The van der Waals surface area contributed by atoms with Crippen LogP contribution >= 0.6 is 11.3 Å². The Hall–Kier alpha value is -2.08. The van der Waals surface area contributed by atoms with Gasteiger partial charge < -0.3 is 14.8 Å². The summed E-state index contributed by atoms with van der Waals surface area (Å²) in [6, 6.07) is 5.41. The maximum Gasteiger partial charge on any atom is 0.275 e. The van der Waals surface area contributed by atoms with Crippen LogP contribution in [0.3, 0.4) is 0 Å². The number of nitrogens with one attached hydrogen (secondary N) is 1. The Morgan fingerprint density at radius 1 is 1.32 bits per heavy atom. The summed E-state index contributed by atoms with van der Waals surface area (Å²) in [6.07, 6.45) is 4.77. The van der Waals surface area contributed by atoms with Crippen molar-refractivity contribution in [3.8, 4) is 11.5 Å². The van der Waals surface area contributed by atoms with Gasteiger partial charge in [-0.1, -0.05) is 0 Å². The molecule has 0 radical (unpaired) electrons. The molecule has 1 N–H and O–H groups in total. The predicted molar refractivity (Wildman–Crippen MR) is 85.9 cm³/mol. The molecule has 22 heavy (non-hydrogen) atoms. The second kappa shape index (κ2) is 6.79. The summed E-state index contributed by atoms with van der Waals surface area (Å²) in [5, 5.41) is 4.55. The lowest BCUT2D eigenvalue weighted by Crippen LogP contribution is -2.14. The van der Waals surface area contributed by atoms with Crippen LogP contribution in [0, 0.1) is 0 Å². The average molecular weight is 318 g/mol. The highest BCUT2D eigenvalue weighted by molar-refractivity contribution is 7.07. The molecule has 1 aliphatic rings. The van der Waals surface area contributed by atoms with Gasteiger partial charge in [0.1, 0.15) is 5.69 Å². The minimum absolute atomic E-state index is 0.224. The van der Waals surface area contributed by atoms with Crippen LogP contribution in [0.25, 0.3) is 0 Å². The number of rotatable bonds is 5. The van der Waals surface area contributed by atoms with E-state index in [1.807, 2.05) is 0 Å². The number of thiazole rings is 1. The summed E-state index contributed by atoms with van der Waals surface area (Å²) >= 11 is 1.39. The van der Waals surface area contributed by atoms with Gasteiger partial charge in [-0.15, -0.1) is 11.3 Å². The Labute approximate surface area is 133 Å². The lowest BCUT2D eigenvalue weighted by atomic mass is 10.2. The Morgan fingerprint density at radius 2 is 2.14 bits per heavy atom. The fourth-order valence-electron chi connectivity index (χ4n) is 2.55. The molecule has 0 bridgehead atoms. The summed E-state index contributed by atoms with van der Waals surface area (Å²) in [4.78, 5) is 16.0. The summed E-state index contributed by atoms with van der Waals surface area (Å²) < 4.78 is 11.4. The number of anilines is 1. The number of ether oxygens (including phenoxy) is 2. The van der Waals surface area contributed by atoms with Gasteiger partial charge in [-0.3, -0.25) is 4.79 Å². The van der Waals surface area contributed by atoms with E-state index in [0.29, 0.717) is 22.9 Å². The van der Waals surface area contributed by atoms with Crippen LogP contribution < -0.4 is 14.8 Å². The van der Waals surface area contributed by atoms with Crippen LogP contribution in [0.4, 0.5) is 5.69 Å². The van der Waals surface area contributed by atoms with Gasteiger partial charge >= 0.3 is 0 Å². The number of nitrogens with zero attached hydrogens (tertiary/aromatic N) is 1. The molecular formula is C16H18N2O3S. The molecule has 0 spiro atoms. The van der Waals surface area contributed by atoms with Crippen molar-refractivity contribution in [2.75, 3.05) is 12.4 Å². The molecule has 5 nitrogen and oxygen atoms in total. The number of aromatic nitrogens is 1. The van der Waals surface area contributed by atoms with Gasteiger partial charge in [0.2, 0.25) is 0 Å². The fraction of sp³-hybridized carbons (Fsp3) is 0.375. The lowest BCUT2D eigenvalue weighted by Gasteiger charge is -2.17. The smallest absolute Gasteiger partial charge is 0.275 e. The van der Waals surface area contributed by atoms with Crippen molar-refractivity contribution in [3.05, 3.63) is 34.8 Å². The molecule has 1 aromatic carbocycles. The molecule has 6 heteroatoms. The maximum atomic E-state index is 12.0. The second-order valence-corrected chi connectivity index (χ2v) is 5.94. The van der Waals surface area contributed by atoms with Gasteiger partial charge in [0, 0.05) is 17.1 Å². The van der Waals surface area contributed by atoms with Crippen LogP contribution in [0.5, 0.6) is 11.5 Å². The monoisotopic (exact) mass is 318 g/mol. The molecule has 2 aromatic rings. The highest BCUT2D eigenvalue weighted by atomic mass is 32.1. The first-order valence-corrected chi connectivity index (χ1v) is 8.25. The summed E-state index contributed by atoms with van der Waals surface area (Å²) in [7, 11) is 1.62. The lowest BCUT2D eigenvalue weighted by molar-refractivity contribution is 0.102. The number of carbonyl (C=O) groups is 1. The molecule has 1 heterocycles. The molecule has 3 rings (SSSR count). The normalized spacial score (nSPS) is 14.8. The minimum atomic E-state index is -0.224. The Kier molecular flexibility index (Phi) is 4.58. The average Bonchev–Trinajstić information content (AvgIpc) is 3.21. The fourth-order valence-corrected chi connectivity index (χ4v) is 3.08. The van der Waals surface area contributed by atoms with Gasteiger partial charge in [0.25, 0.3) is 5.91 Å². The van der Waals surface area contributed by atoms with Gasteiger partial charge in [-0.2, -0.15) is 0 Å². The first-order chi connectivity index (χ1) is 10.8. The van der Waals surface area contributed by atoms with E-state index in [2.05, 4.69) is 10.3 Å². The molecule has 0 atom stereocenters. The summed E-state index contributed by atoms with van der Waals surface area (Å²) in [6.45, 7) is 0. The number of carbonyl (C=O) groups excluding carboxylic acids is 1. The second-order valence-electron chi connectivity index (χ2n) is 5.22. The standard InChI is InChI=1S/C16H18N2O3S/c1-20-14-7-6-11(18-16(19)13-9-22-10-17-13)8-15(14)21-12-4-2-3-5-12/h6-10,12H,2-5H2,1H3,(H,18,19). The molecule has 0 aliphatic heterocycles. The predicted octanol–water partition coefficient (Wildman–Crippen LogP) is 3.73. The molecule has 116 valence electrons. The highest BCUT2D eigenvalue weighted by Gasteiger charge is 2.19. The SMILES string of the molecule is COc1ccc(NC(=O)c2cscn2)cc1OC1CCCC1. The van der Waals surface area contributed by atoms with E-state index in [0.717, 1.165) is 12.8 Å². The zero-order valence-electron chi connectivity index (χ0n) is 12.4. The molecule has 1 amide bonds. The van der Waals surface area contributed by atoms with Crippen molar-refractivity contribution in [1.82, 2.24) is 4.98 Å².